The van der Waals surface area contributed by atoms with Gasteiger partial charge in [0.2, 0.25) is 0 Å². The van der Waals surface area contributed by atoms with Gasteiger partial charge in [-0.15, -0.1) is 11.3 Å². The minimum atomic E-state index is 0.326. The van der Waals surface area contributed by atoms with Crippen molar-refractivity contribution < 1.29 is 0 Å². The highest BCUT2D eigenvalue weighted by Crippen LogP contribution is 2.36. The molecular weight excluding hydrogens is 280 g/mol. The first kappa shape index (κ1) is 11.9. The van der Waals surface area contributed by atoms with E-state index in [9.17, 15) is 0 Å². The number of benzene rings is 1. The average molecular weight is 295 g/mol. The first-order valence-corrected chi connectivity index (χ1v) is 7.14. The smallest absolute Gasteiger partial charge is 0.0740 e. The van der Waals surface area contributed by atoms with Crippen LogP contribution < -0.4 is 0 Å². The summed E-state index contributed by atoms with van der Waals surface area (Å²) in [4.78, 5) is 1.73. The SMILES string of the molecule is Cc1ccc(C(Br)c2sccc2C)cc1C. The Labute approximate surface area is 109 Å². The molecule has 1 aromatic heterocycles. The molecule has 1 atom stereocenters. The van der Waals surface area contributed by atoms with Gasteiger partial charge in [0, 0.05) is 4.88 Å². The first-order chi connectivity index (χ1) is 7.59. The summed E-state index contributed by atoms with van der Waals surface area (Å²) in [7, 11) is 0. The zero-order chi connectivity index (χ0) is 11.7. The standard InChI is InChI=1S/C14H15BrS/c1-9-4-5-12(8-11(9)3)13(15)14-10(2)6-7-16-14/h4-8,13H,1-3H3. The highest BCUT2D eigenvalue weighted by molar-refractivity contribution is 9.09. The van der Waals surface area contributed by atoms with Crippen molar-refractivity contribution in [1.29, 1.82) is 0 Å². The summed E-state index contributed by atoms with van der Waals surface area (Å²) in [5.74, 6) is 0. The summed E-state index contributed by atoms with van der Waals surface area (Å²) in [6.45, 7) is 6.49. The summed E-state index contributed by atoms with van der Waals surface area (Å²) in [6, 6.07) is 8.85. The van der Waals surface area contributed by atoms with Crippen LogP contribution >= 0.6 is 27.3 Å². The zero-order valence-electron chi connectivity index (χ0n) is 9.75. The second-order valence-corrected chi connectivity index (χ2v) is 6.04. The summed E-state index contributed by atoms with van der Waals surface area (Å²) in [6.07, 6.45) is 0. The molecule has 0 aliphatic rings. The molecule has 1 aromatic carbocycles. The molecule has 0 radical (unpaired) electrons. The van der Waals surface area contributed by atoms with E-state index in [2.05, 4.69) is 66.3 Å². The van der Waals surface area contributed by atoms with Crippen LogP contribution in [0.2, 0.25) is 0 Å². The highest BCUT2D eigenvalue weighted by Gasteiger charge is 2.14. The predicted octanol–water partition coefficient (Wildman–Crippen LogP) is 5.16. The molecule has 0 saturated carbocycles. The van der Waals surface area contributed by atoms with E-state index >= 15 is 0 Å². The van der Waals surface area contributed by atoms with Gasteiger partial charge >= 0.3 is 0 Å². The fraction of sp³-hybridized carbons (Fsp3) is 0.286. The van der Waals surface area contributed by atoms with Gasteiger partial charge in [0.25, 0.3) is 0 Å². The maximum Gasteiger partial charge on any atom is 0.0740 e. The third-order valence-electron chi connectivity index (χ3n) is 2.96. The molecule has 0 aliphatic heterocycles. The van der Waals surface area contributed by atoms with Crippen LogP contribution in [0.3, 0.4) is 0 Å². The molecule has 0 aliphatic carbocycles. The van der Waals surface area contributed by atoms with Crippen LogP contribution in [0.4, 0.5) is 0 Å². The molecule has 1 unspecified atom stereocenters. The Balaban J connectivity index is 2.38. The van der Waals surface area contributed by atoms with E-state index in [-0.39, 0.29) is 0 Å². The molecule has 2 aromatic rings. The van der Waals surface area contributed by atoms with Crippen LogP contribution in [-0.2, 0) is 0 Å². The number of hydrogen-bond acceptors (Lipinski definition) is 1. The van der Waals surface area contributed by atoms with Crippen molar-refractivity contribution in [3.05, 3.63) is 56.8 Å². The topological polar surface area (TPSA) is 0 Å². The van der Waals surface area contributed by atoms with E-state index in [0.29, 0.717) is 4.83 Å². The molecule has 84 valence electrons. The molecule has 0 saturated heterocycles. The molecule has 0 N–H and O–H groups in total. The van der Waals surface area contributed by atoms with Crippen LogP contribution in [0.1, 0.15) is 32.0 Å². The van der Waals surface area contributed by atoms with E-state index < -0.39 is 0 Å². The van der Waals surface area contributed by atoms with Gasteiger partial charge in [-0.2, -0.15) is 0 Å². The number of thiophene rings is 1. The first-order valence-electron chi connectivity index (χ1n) is 5.35. The van der Waals surface area contributed by atoms with E-state index in [0.717, 1.165) is 0 Å². The van der Waals surface area contributed by atoms with Crippen LogP contribution in [0.25, 0.3) is 0 Å². The monoisotopic (exact) mass is 294 g/mol. The van der Waals surface area contributed by atoms with Crippen molar-refractivity contribution in [2.24, 2.45) is 0 Å². The molecule has 16 heavy (non-hydrogen) atoms. The second kappa shape index (κ2) is 4.72. The number of hydrogen-bond donors (Lipinski definition) is 0. The molecule has 2 rings (SSSR count). The number of alkyl halides is 1. The molecule has 0 fully saturated rings. The Bertz CT molecular complexity index is 499. The predicted molar refractivity (Wildman–Crippen MR) is 75.7 cm³/mol. The Hall–Kier alpha value is -0.600. The van der Waals surface area contributed by atoms with Crippen molar-refractivity contribution in [2.45, 2.75) is 25.6 Å². The quantitative estimate of drug-likeness (QED) is 0.671. The maximum atomic E-state index is 3.79. The molecular formula is C14H15BrS. The van der Waals surface area contributed by atoms with E-state index in [4.69, 9.17) is 0 Å². The van der Waals surface area contributed by atoms with Crippen LogP contribution in [0.5, 0.6) is 0 Å². The Morgan fingerprint density at radius 2 is 1.75 bits per heavy atom. The van der Waals surface area contributed by atoms with E-state index in [1.807, 2.05) is 11.3 Å². The van der Waals surface area contributed by atoms with Crippen LogP contribution in [-0.4, -0.2) is 0 Å². The van der Waals surface area contributed by atoms with Gasteiger partial charge in [0.1, 0.15) is 0 Å². The molecule has 1 heterocycles. The van der Waals surface area contributed by atoms with E-state index in [1.54, 1.807) is 0 Å². The summed E-state index contributed by atoms with van der Waals surface area (Å²) in [5, 5.41) is 2.15. The van der Waals surface area contributed by atoms with Crippen molar-refractivity contribution >= 4 is 27.3 Å². The molecule has 0 spiro atoms. The minimum Gasteiger partial charge on any atom is -0.147 e. The summed E-state index contributed by atoms with van der Waals surface area (Å²) >= 11 is 5.61. The van der Waals surface area contributed by atoms with Gasteiger partial charge in [-0.25, -0.2) is 0 Å². The van der Waals surface area contributed by atoms with Crippen LogP contribution in [0.15, 0.2) is 29.6 Å². The number of aryl methyl sites for hydroxylation is 3. The molecule has 0 bridgehead atoms. The van der Waals surface area contributed by atoms with Crippen molar-refractivity contribution in [3.8, 4) is 0 Å². The Morgan fingerprint density at radius 3 is 2.31 bits per heavy atom. The third kappa shape index (κ3) is 2.23. The molecule has 2 heteroatoms. The van der Waals surface area contributed by atoms with Gasteiger partial charge in [-0.05, 0) is 54.5 Å². The van der Waals surface area contributed by atoms with Crippen LogP contribution in [0, 0.1) is 20.8 Å². The van der Waals surface area contributed by atoms with Crippen molar-refractivity contribution in [1.82, 2.24) is 0 Å². The Kier molecular flexibility index (Phi) is 3.50. The third-order valence-corrected chi connectivity index (χ3v) is 5.33. The van der Waals surface area contributed by atoms with Gasteiger partial charge < -0.3 is 0 Å². The lowest BCUT2D eigenvalue weighted by Crippen LogP contribution is -1.93. The lowest BCUT2D eigenvalue weighted by Gasteiger charge is -2.11. The maximum absolute atomic E-state index is 3.79. The lowest BCUT2D eigenvalue weighted by molar-refractivity contribution is 1.17. The van der Waals surface area contributed by atoms with Gasteiger partial charge in [0.15, 0.2) is 0 Å². The normalized spacial score (nSPS) is 12.8. The van der Waals surface area contributed by atoms with E-state index in [1.165, 1.54) is 27.1 Å². The number of halogens is 1. The Morgan fingerprint density at radius 1 is 1.00 bits per heavy atom. The number of rotatable bonds is 2. The highest BCUT2D eigenvalue weighted by atomic mass is 79.9. The lowest BCUT2D eigenvalue weighted by atomic mass is 10.0. The summed E-state index contributed by atoms with van der Waals surface area (Å²) in [5.41, 5.74) is 5.42. The molecule has 0 amide bonds. The molecule has 0 nitrogen and oxygen atoms in total. The fourth-order valence-corrected chi connectivity index (χ4v) is 3.62. The van der Waals surface area contributed by atoms with Gasteiger partial charge in [-0.3, -0.25) is 0 Å². The van der Waals surface area contributed by atoms with Crippen molar-refractivity contribution in [2.75, 3.05) is 0 Å². The largest absolute Gasteiger partial charge is 0.147 e. The summed E-state index contributed by atoms with van der Waals surface area (Å²) < 4.78 is 0. The minimum absolute atomic E-state index is 0.326. The van der Waals surface area contributed by atoms with Gasteiger partial charge in [-0.1, -0.05) is 34.1 Å². The zero-order valence-corrected chi connectivity index (χ0v) is 12.2. The second-order valence-electron chi connectivity index (χ2n) is 4.17. The van der Waals surface area contributed by atoms with Crippen molar-refractivity contribution in [3.63, 3.8) is 0 Å². The average Bonchev–Trinajstić information content (AvgIpc) is 2.67. The van der Waals surface area contributed by atoms with Gasteiger partial charge in [0.05, 0.1) is 4.83 Å². The fourth-order valence-electron chi connectivity index (χ4n) is 1.72.